The molecule has 1 aromatic carbocycles. The van der Waals surface area contributed by atoms with Gasteiger partial charge < -0.3 is 9.64 Å². The lowest BCUT2D eigenvalue weighted by atomic mass is 9.98. The molecule has 0 bridgehead atoms. The number of ether oxygens (including phenoxy) is 1. The van der Waals surface area contributed by atoms with Crippen molar-refractivity contribution in [1.29, 1.82) is 0 Å². The van der Waals surface area contributed by atoms with E-state index in [1.54, 1.807) is 19.3 Å². The summed E-state index contributed by atoms with van der Waals surface area (Å²) in [6, 6.07) is 8.92. The Labute approximate surface area is 174 Å². The van der Waals surface area contributed by atoms with Crippen LogP contribution in [0.5, 0.6) is 0 Å². The number of aryl methyl sites for hydroxylation is 2. The second-order valence-electron chi connectivity index (χ2n) is 7.42. The summed E-state index contributed by atoms with van der Waals surface area (Å²) in [5, 5.41) is 0. The van der Waals surface area contributed by atoms with Crippen LogP contribution in [0, 0.1) is 13.8 Å². The van der Waals surface area contributed by atoms with Crippen molar-refractivity contribution in [2.75, 3.05) is 24.6 Å². The van der Waals surface area contributed by atoms with Crippen molar-refractivity contribution in [3.8, 4) is 11.4 Å². The summed E-state index contributed by atoms with van der Waals surface area (Å²) in [5.74, 6) is 0.423. The van der Waals surface area contributed by atoms with E-state index >= 15 is 0 Å². The minimum absolute atomic E-state index is 0.0610. The van der Waals surface area contributed by atoms with Crippen molar-refractivity contribution >= 4 is 11.7 Å². The predicted octanol–water partition coefficient (Wildman–Crippen LogP) is 1.94. The highest BCUT2D eigenvalue weighted by Gasteiger charge is 2.30. The zero-order valence-corrected chi connectivity index (χ0v) is 17.2. The number of ketones is 1. The smallest absolute Gasteiger partial charge is 0.255 e. The third kappa shape index (κ3) is 3.86. The number of hydrogen-bond donors (Lipinski definition) is 0. The van der Waals surface area contributed by atoms with Gasteiger partial charge in [-0.2, -0.15) is 0 Å². The third-order valence-corrected chi connectivity index (χ3v) is 5.24. The Morgan fingerprint density at radius 1 is 1.17 bits per heavy atom. The topological polar surface area (TPSA) is 90.2 Å². The number of Topliss-reactive ketones (excluding diaryl/α,β-unsaturated/α-hetero) is 1. The van der Waals surface area contributed by atoms with E-state index < -0.39 is 6.10 Å². The molecule has 1 atom stereocenters. The molecule has 4 rings (SSSR count). The average molecular weight is 405 g/mol. The van der Waals surface area contributed by atoms with Crippen LogP contribution in [0.1, 0.15) is 21.5 Å². The van der Waals surface area contributed by atoms with Gasteiger partial charge in [0.1, 0.15) is 12.4 Å². The van der Waals surface area contributed by atoms with Crippen LogP contribution in [0.2, 0.25) is 0 Å². The van der Waals surface area contributed by atoms with E-state index in [1.807, 2.05) is 36.9 Å². The fourth-order valence-corrected chi connectivity index (χ4v) is 3.64. The van der Waals surface area contributed by atoms with Crippen LogP contribution in [-0.2, 0) is 11.8 Å². The maximum Gasteiger partial charge on any atom is 0.255 e. The van der Waals surface area contributed by atoms with Gasteiger partial charge in [0.2, 0.25) is 5.95 Å². The first-order chi connectivity index (χ1) is 14.4. The first-order valence-electron chi connectivity index (χ1n) is 9.76. The van der Waals surface area contributed by atoms with E-state index in [0.717, 1.165) is 11.1 Å². The molecule has 8 nitrogen and oxygen atoms in total. The quantitative estimate of drug-likeness (QED) is 0.613. The molecule has 0 radical (unpaired) electrons. The summed E-state index contributed by atoms with van der Waals surface area (Å²) in [6.45, 7) is 5.15. The van der Waals surface area contributed by atoms with Gasteiger partial charge in [-0.1, -0.05) is 23.8 Å². The van der Waals surface area contributed by atoms with Gasteiger partial charge in [-0.15, -0.1) is 0 Å². The van der Waals surface area contributed by atoms with Crippen molar-refractivity contribution < 1.29 is 9.53 Å². The summed E-state index contributed by atoms with van der Waals surface area (Å²) in [6.07, 6.45) is 2.40. The molecule has 0 saturated carbocycles. The number of aromatic nitrogens is 4. The Morgan fingerprint density at radius 2 is 2.00 bits per heavy atom. The van der Waals surface area contributed by atoms with Crippen LogP contribution in [-0.4, -0.2) is 51.1 Å². The number of benzene rings is 1. The molecule has 1 aliphatic heterocycles. The molecule has 1 saturated heterocycles. The van der Waals surface area contributed by atoms with E-state index in [9.17, 15) is 9.59 Å². The number of anilines is 1. The zero-order chi connectivity index (χ0) is 21.3. The number of morpholine rings is 1. The molecule has 8 heteroatoms. The van der Waals surface area contributed by atoms with Gasteiger partial charge in [-0.3, -0.25) is 14.2 Å². The molecular weight excluding hydrogens is 382 g/mol. The molecule has 0 amide bonds. The maximum absolute atomic E-state index is 13.1. The van der Waals surface area contributed by atoms with Crippen molar-refractivity contribution in [3.63, 3.8) is 0 Å². The molecule has 3 heterocycles. The van der Waals surface area contributed by atoms with Crippen molar-refractivity contribution in [2.24, 2.45) is 7.05 Å². The zero-order valence-electron chi connectivity index (χ0n) is 17.2. The molecule has 1 aliphatic rings. The summed E-state index contributed by atoms with van der Waals surface area (Å²) < 4.78 is 7.27. The third-order valence-electron chi connectivity index (χ3n) is 5.24. The number of nitrogens with zero attached hydrogens (tertiary/aromatic N) is 5. The van der Waals surface area contributed by atoms with Gasteiger partial charge in [0, 0.05) is 31.4 Å². The molecular formula is C22H23N5O3. The Kier molecular flexibility index (Phi) is 5.41. The normalized spacial score (nSPS) is 16.5. The van der Waals surface area contributed by atoms with Crippen LogP contribution in [0.15, 0.2) is 47.7 Å². The standard InChI is InChI=1S/C22H23N5O3/c1-14-4-5-16(15(2)10-14)21(29)19-12-27(8-9-30-19)22-25-18(11-20(28)26(22)3)17-6-7-23-13-24-17/h4-7,10-11,13,19H,8-9,12H2,1-3H3. The summed E-state index contributed by atoms with van der Waals surface area (Å²) >= 11 is 0. The fraction of sp³-hybridized carbons (Fsp3) is 0.318. The lowest BCUT2D eigenvalue weighted by molar-refractivity contribution is 0.0336. The Bertz CT molecular complexity index is 1140. The highest BCUT2D eigenvalue weighted by atomic mass is 16.5. The number of carbonyl (C=O) groups is 1. The van der Waals surface area contributed by atoms with Crippen LogP contribution < -0.4 is 10.5 Å². The monoisotopic (exact) mass is 405 g/mol. The first kappa shape index (κ1) is 19.9. The van der Waals surface area contributed by atoms with E-state index in [0.29, 0.717) is 42.6 Å². The van der Waals surface area contributed by atoms with Crippen LogP contribution in [0.4, 0.5) is 5.95 Å². The van der Waals surface area contributed by atoms with Crippen LogP contribution in [0.3, 0.4) is 0 Å². The van der Waals surface area contributed by atoms with Crippen molar-refractivity contribution in [2.45, 2.75) is 20.0 Å². The Balaban J connectivity index is 1.64. The van der Waals surface area contributed by atoms with Crippen LogP contribution >= 0.6 is 0 Å². The molecule has 30 heavy (non-hydrogen) atoms. The van der Waals surface area contributed by atoms with Crippen LogP contribution in [0.25, 0.3) is 11.4 Å². The van der Waals surface area contributed by atoms with E-state index in [2.05, 4.69) is 15.0 Å². The van der Waals surface area contributed by atoms with Crippen molar-refractivity contribution in [3.05, 3.63) is 69.9 Å². The molecule has 1 fully saturated rings. The minimum atomic E-state index is -0.625. The highest BCUT2D eigenvalue weighted by molar-refractivity contribution is 6.01. The summed E-state index contributed by atoms with van der Waals surface area (Å²) in [5.41, 5.74) is 3.54. The SMILES string of the molecule is Cc1ccc(C(=O)C2CN(c3nc(-c4ccncn4)cc(=O)n3C)CCO2)c(C)c1. The number of rotatable bonds is 4. The lowest BCUT2D eigenvalue weighted by Crippen LogP contribution is -2.48. The van der Waals surface area contributed by atoms with Gasteiger partial charge >= 0.3 is 0 Å². The van der Waals surface area contributed by atoms with E-state index in [4.69, 9.17) is 4.74 Å². The fourth-order valence-electron chi connectivity index (χ4n) is 3.64. The van der Waals surface area contributed by atoms with Gasteiger partial charge in [0.25, 0.3) is 5.56 Å². The molecule has 2 aromatic heterocycles. The molecule has 1 unspecified atom stereocenters. The van der Waals surface area contributed by atoms with Gasteiger partial charge in [0.05, 0.1) is 24.5 Å². The van der Waals surface area contributed by atoms with E-state index in [1.165, 1.54) is 17.0 Å². The Hall–Kier alpha value is -3.39. The second-order valence-corrected chi connectivity index (χ2v) is 7.42. The first-order valence-corrected chi connectivity index (χ1v) is 9.76. The molecule has 0 aliphatic carbocycles. The van der Waals surface area contributed by atoms with Crippen molar-refractivity contribution in [1.82, 2.24) is 19.5 Å². The lowest BCUT2D eigenvalue weighted by Gasteiger charge is -2.33. The maximum atomic E-state index is 13.1. The largest absolute Gasteiger partial charge is 0.366 e. The molecule has 0 spiro atoms. The number of carbonyl (C=O) groups excluding carboxylic acids is 1. The summed E-state index contributed by atoms with van der Waals surface area (Å²) in [7, 11) is 1.67. The second kappa shape index (κ2) is 8.16. The molecule has 154 valence electrons. The summed E-state index contributed by atoms with van der Waals surface area (Å²) in [4.78, 5) is 40.3. The molecule has 0 N–H and O–H groups in total. The Morgan fingerprint density at radius 3 is 2.73 bits per heavy atom. The predicted molar refractivity (Wildman–Crippen MR) is 113 cm³/mol. The van der Waals surface area contributed by atoms with Gasteiger partial charge in [-0.25, -0.2) is 15.0 Å². The number of hydrogen-bond acceptors (Lipinski definition) is 7. The minimum Gasteiger partial charge on any atom is -0.366 e. The molecule has 3 aromatic rings. The average Bonchev–Trinajstić information content (AvgIpc) is 2.76. The van der Waals surface area contributed by atoms with Gasteiger partial charge in [0.15, 0.2) is 5.78 Å². The highest BCUT2D eigenvalue weighted by Crippen LogP contribution is 2.21. The van der Waals surface area contributed by atoms with Gasteiger partial charge in [-0.05, 0) is 25.5 Å². The van der Waals surface area contributed by atoms with E-state index in [-0.39, 0.29) is 11.3 Å².